The van der Waals surface area contributed by atoms with E-state index in [0.717, 1.165) is 34.4 Å². The molecule has 1 amide bonds. The molecule has 5 rings (SSSR count). The molecule has 1 aromatic carbocycles. The number of aromatic nitrogens is 3. The lowest BCUT2D eigenvalue weighted by atomic mass is 10.1. The van der Waals surface area contributed by atoms with Gasteiger partial charge in [-0.2, -0.15) is 4.52 Å². The molecule has 0 spiro atoms. The third kappa shape index (κ3) is 3.18. The van der Waals surface area contributed by atoms with E-state index in [0.29, 0.717) is 10.7 Å². The first-order valence-corrected chi connectivity index (χ1v) is 11.0. The summed E-state index contributed by atoms with van der Waals surface area (Å²) in [5.74, 6) is 0.487. The van der Waals surface area contributed by atoms with Crippen LogP contribution in [0.3, 0.4) is 0 Å². The lowest BCUT2D eigenvalue weighted by Crippen LogP contribution is -2.29. The first-order valence-electron chi connectivity index (χ1n) is 9.34. The van der Waals surface area contributed by atoms with Gasteiger partial charge in [-0.1, -0.05) is 47.7 Å². The Morgan fingerprint density at radius 2 is 1.86 bits per heavy atom. The van der Waals surface area contributed by atoms with Crippen LogP contribution in [0, 0.1) is 0 Å². The average molecular weight is 410 g/mol. The van der Waals surface area contributed by atoms with E-state index in [9.17, 15) is 4.79 Å². The lowest BCUT2D eigenvalue weighted by molar-refractivity contribution is 0.103. The number of thiophene rings is 1. The fourth-order valence-corrected chi connectivity index (χ4v) is 5.01. The number of fused-ring (bicyclic) bond motifs is 1. The van der Waals surface area contributed by atoms with Gasteiger partial charge < -0.3 is 10.2 Å². The van der Waals surface area contributed by atoms with Crippen LogP contribution in [-0.2, 0) is 0 Å². The molecule has 8 heteroatoms. The maximum atomic E-state index is 12.7. The Labute approximate surface area is 170 Å². The number of hydrogen-bond donors (Lipinski definition) is 1. The van der Waals surface area contributed by atoms with E-state index in [1.165, 1.54) is 30.6 Å². The number of carbonyl (C=O) groups excluding carboxylic acids is 1. The van der Waals surface area contributed by atoms with Crippen LogP contribution in [0.15, 0.2) is 47.8 Å². The van der Waals surface area contributed by atoms with Crippen LogP contribution in [0.25, 0.3) is 16.2 Å². The molecular formula is C20H19N5OS2. The molecule has 3 aromatic heterocycles. The monoisotopic (exact) mass is 409 g/mol. The third-order valence-corrected chi connectivity index (χ3v) is 6.68. The lowest BCUT2D eigenvalue weighted by Gasteiger charge is -2.25. The molecule has 4 aromatic rings. The highest BCUT2D eigenvalue weighted by atomic mass is 32.1. The molecule has 0 saturated carbocycles. The van der Waals surface area contributed by atoms with Crippen LogP contribution in [0.1, 0.15) is 28.9 Å². The van der Waals surface area contributed by atoms with E-state index >= 15 is 0 Å². The van der Waals surface area contributed by atoms with E-state index < -0.39 is 0 Å². The number of amides is 1. The van der Waals surface area contributed by atoms with Crippen LogP contribution >= 0.6 is 22.7 Å². The first-order chi connectivity index (χ1) is 13.8. The summed E-state index contributed by atoms with van der Waals surface area (Å²) in [6, 6.07) is 13.6. The zero-order valence-electron chi connectivity index (χ0n) is 15.2. The van der Waals surface area contributed by atoms with Crippen molar-refractivity contribution in [3.05, 3.63) is 52.7 Å². The molecule has 0 radical (unpaired) electrons. The van der Waals surface area contributed by atoms with Crippen LogP contribution in [0.2, 0.25) is 0 Å². The zero-order valence-corrected chi connectivity index (χ0v) is 16.8. The Morgan fingerprint density at radius 3 is 2.61 bits per heavy atom. The molecule has 0 atom stereocenters. The van der Waals surface area contributed by atoms with Crippen molar-refractivity contribution in [3.8, 4) is 11.3 Å². The first kappa shape index (κ1) is 17.4. The Hall–Kier alpha value is -2.71. The van der Waals surface area contributed by atoms with Crippen molar-refractivity contribution in [1.29, 1.82) is 0 Å². The van der Waals surface area contributed by atoms with Gasteiger partial charge >= 0.3 is 0 Å². The summed E-state index contributed by atoms with van der Waals surface area (Å²) in [6.07, 6.45) is 3.66. The van der Waals surface area contributed by atoms with Crippen LogP contribution < -0.4 is 10.2 Å². The predicted molar refractivity (Wildman–Crippen MR) is 115 cm³/mol. The number of benzene rings is 1. The smallest absolute Gasteiger partial charge is 0.266 e. The fraction of sp³-hybridized carbons (Fsp3) is 0.250. The number of carbonyl (C=O) groups is 1. The molecule has 1 aliphatic rings. The topological polar surface area (TPSA) is 62.5 Å². The second-order valence-corrected chi connectivity index (χ2v) is 8.62. The van der Waals surface area contributed by atoms with Gasteiger partial charge in [0.05, 0.1) is 4.88 Å². The van der Waals surface area contributed by atoms with Crippen molar-refractivity contribution < 1.29 is 4.79 Å². The van der Waals surface area contributed by atoms with Crippen molar-refractivity contribution in [2.75, 3.05) is 23.3 Å². The number of nitrogens with zero attached hydrogens (tertiary/aromatic N) is 4. The summed E-state index contributed by atoms with van der Waals surface area (Å²) >= 11 is 3.00. The van der Waals surface area contributed by atoms with E-state index in [1.807, 2.05) is 47.8 Å². The van der Waals surface area contributed by atoms with E-state index in [4.69, 9.17) is 10.1 Å². The second-order valence-electron chi connectivity index (χ2n) is 6.73. The van der Waals surface area contributed by atoms with Gasteiger partial charge in [-0.15, -0.1) is 16.4 Å². The Bertz CT molecular complexity index is 1090. The molecule has 1 aliphatic heterocycles. The Morgan fingerprint density at radius 1 is 1.04 bits per heavy atom. The normalized spacial score (nSPS) is 14.5. The Kier molecular flexibility index (Phi) is 4.58. The van der Waals surface area contributed by atoms with E-state index in [2.05, 4.69) is 10.2 Å². The minimum Gasteiger partial charge on any atom is -0.347 e. The highest BCUT2D eigenvalue weighted by Gasteiger charge is 2.23. The molecule has 0 bridgehead atoms. The van der Waals surface area contributed by atoms with Gasteiger partial charge in [-0.05, 0) is 30.7 Å². The number of piperidine rings is 1. The number of nitrogens with one attached hydrogen (secondary N) is 1. The van der Waals surface area contributed by atoms with Gasteiger partial charge in [0.25, 0.3) is 5.91 Å². The summed E-state index contributed by atoms with van der Waals surface area (Å²) in [4.78, 5) is 21.3. The number of rotatable bonds is 4. The standard InChI is InChI=1S/C20H19N5OS2/c26-18(15-10-7-13-27-15)22-17-16(14-8-3-1-4-9-14)21-19-25(17)23-20(28-19)24-11-5-2-6-12-24/h1,3-4,7-10,13H,2,5-6,11-12H2,(H,22,26). The number of anilines is 2. The largest absolute Gasteiger partial charge is 0.347 e. The summed E-state index contributed by atoms with van der Waals surface area (Å²) in [5.41, 5.74) is 1.70. The molecule has 1 saturated heterocycles. The summed E-state index contributed by atoms with van der Waals surface area (Å²) in [7, 11) is 0. The quantitative estimate of drug-likeness (QED) is 0.528. The summed E-state index contributed by atoms with van der Waals surface area (Å²) in [5, 5.41) is 10.7. The maximum Gasteiger partial charge on any atom is 0.266 e. The van der Waals surface area contributed by atoms with Crippen LogP contribution in [0.5, 0.6) is 0 Å². The highest BCUT2D eigenvalue weighted by molar-refractivity contribution is 7.20. The average Bonchev–Trinajstić information content (AvgIpc) is 3.47. The van der Waals surface area contributed by atoms with Gasteiger partial charge in [-0.3, -0.25) is 4.79 Å². The van der Waals surface area contributed by atoms with E-state index in [-0.39, 0.29) is 5.91 Å². The van der Waals surface area contributed by atoms with Gasteiger partial charge in [0.15, 0.2) is 5.82 Å². The third-order valence-electron chi connectivity index (χ3n) is 4.84. The molecule has 142 valence electrons. The van der Waals surface area contributed by atoms with Crippen LogP contribution in [0.4, 0.5) is 10.9 Å². The van der Waals surface area contributed by atoms with Crippen molar-refractivity contribution in [2.45, 2.75) is 19.3 Å². The molecule has 4 heterocycles. The van der Waals surface area contributed by atoms with Crippen molar-refractivity contribution in [2.24, 2.45) is 0 Å². The SMILES string of the molecule is O=C(Nc1c(-c2ccccc2)nc2sc(N3CCCCC3)nn12)c1cccs1. The number of imidazole rings is 1. The van der Waals surface area contributed by atoms with Gasteiger partial charge in [-0.25, -0.2) is 4.98 Å². The molecule has 0 unspecified atom stereocenters. The second kappa shape index (κ2) is 7.37. The molecule has 6 nitrogen and oxygen atoms in total. The molecule has 1 fully saturated rings. The molecule has 28 heavy (non-hydrogen) atoms. The van der Waals surface area contributed by atoms with Crippen molar-refractivity contribution >= 4 is 44.5 Å². The van der Waals surface area contributed by atoms with Gasteiger partial charge in [0.1, 0.15) is 5.69 Å². The van der Waals surface area contributed by atoms with Crippen molar-refractivity contribution in [3.63, 3.8) is 0 Å². The zero-order chi connectivity index (χ0) is 18.9. The van der Waals surface area contributed by atoms with Crippen LogP contribution in [-0.4, -0.2) is 33.6 Å². The molecular weight excluding hydrogens is 390 g/mol. The van der Waals surface area contributed by atoms with Gasteiger partial charge in [0.2, 0.25) is 10.1 Å². The summed E-state index contributed by atoms with van der Waals surface area (Å²) in [6.45, 7) is 2.05. The predicted octanol–water partition coefficient (Wildman–Crippen LogP) is 4.76. The minimum absolute atomic E-state index is 0.137. The molecule has 0 aliphatic carbocycles. The molecule has 1 N–H and O–H groups in total. The minimum atomic E-state index is -0.137. The van der Waals surface area contributed by atoms with Gasteiger partial charge in [0, 0.05) is 18.7 Å². The van der Waals surface area contributed by atoms with E-state index in [1.54, 1.807) is 15.9 Å². The number of hydrogen-bond acceptors (Lipinski definition) is 6. The maximum absolute atomic E-state index is 12.7. The summed E-state index contributed by atoms with van der Waals surface area (Å²) < 4.78 is 1.78. The highest BCUT2D eigenvalue weighted by Crippen LogP contribution is 2.34. The Balaban J connectivity index is 1.58. The fourth-order valence-electron chi connectivity index (χ4n) is 3.44. The van der Waals surface area contributed by atoms with Crippen molar-refractivity contribution in [1.82, 2.24) is 14.6 Å².